The fourth-order valence-electron chi connectivity index (χ4n) is 3.16. The lowest BCUT2D eigenvalue weighted by Gasteiger charge is -2.26. The van der Waals surface area contributed by atoms with Crippen molar-refractivity contribution in [1.82, 2.24) is 30.1 Å². The Hall–Kier alpha value is -1.68. The quantitative estimate of drug-likeness (QED) is 0.698. The number of nitrogens with one attached hydrogen (secondary N) is 1. The summed E-state index contributed by atoms with van der Waals surface area (Å²) in [7, 11) is 0. The monoisotopic (exact) mass is 390 g/mol. The molecule has 10 heteroatoms. The fraction of sp³-hybridized carbons (Fsp3) is 0.824. The highest BCUT2D eigenvalue weighted by atomic mass is 19.4. The van der Waals surface area contributed by atoms with Gasteiger partial charge in [-0.15, -0.1) is 5.10 Å². The number of halogens is 3. The van der Waals surface area contributed by atoms with E-state index in [9.17, 15) is 18.0 Å². The van der Waals surface area contributed by atoms with Crippen LogP contribution in [0.15, 0.2) is 6.20 Å². The molecule has 7 nitrogen and oxygen atoms in total. The topological polar surface area (TPSA) is 66.3 Å². The lowest BCUT2D eigenvalue weighted by Crippen LogP contribution is -2.40. The van der Waals surface area contributed by atoms with Crippen LogP contribution in [0.3, 0.4) is 0 Å². The number of nitrogens with zero attached hydrogens (tertiary/aromatic N) is 5. The molecule has 2 heterocycles. The van der Waals surface area contributed by atoms with Crippen molar-refractivity contribution in [1.29, 1.82) is 0 Å². The van der Waals surface area contributed by atoms with Crippen molar-refractivity contribution in [3.8, 4) is 0 Å². The van der Waals surface area contributed by atoms with E-state index in [1.165, 1.54) is 4.90 Å². The van der Waals surface area contributed by atoms with Crippen LogP contribution in [0.2, 0.25) is 0 Å². The second-order valence-corrected chi connectivity index (χ2v) is 6.75. The third kappa shape index (κ3) is 6.76. The largest absolute Gasteiger partial charge is 0.390 e. The number of amides is 1. The molecule has 0 atom stereocenters. The molecule has 2 rings (SSSR count). The van der Waals surface area contributed by atoms with Gasteiger partial charge in [-0.05, 0) is 39.0 Å². The number of alkyl halides is 3. The Labute approximate surface area is 157 Å². The average Bonchev–Trinajstić information content (AvgIpc) is 3.14. The first-order chi connectivity index (χ1) is 12.8. The molecule has 0 aliphatic carbocycles. The minimum Gasteiger partial charge on any atom is -0.336 e. The van der Waals surface area contributed by atoms with Crippen molar-refractivity contribution in [3.63, 3.8) is 0 Å². The van der Waals surface area contributed by atoms with Gasteiger partial charge in [-0.2, -0.15) is 13.2 Å². The van der Waals surface area contributed by atoms with Crippen molar-refractivity contribution < 1.29 is 18.0 Å². The van der Waals surface area contributed by atoms with Crippen molar-refractivity contribution in [2.75, 3.05) is 45.8 Å². The molecule has 27 heavy (non-hydrogen) atoms. The van der Waals surface area contributed by atoms with Gasteiger partial charge in [-0.1, -0.05) is 19.1 Å². The standard InChI is InChI=1S/C17H29F3N6O/c1-3-24(4-2)11-12-25(10-7-17(18,19)20)16(27)15-13-26(23-22-15)14-5-8-21-9-6-14/h13-14,21H,3-12H2,1-2H3. The second-order valence-electron chi connectivity index (χ2n) is 6.75. The molecule has 154 valence electrons. The predicted octanol–water partition coefficient (Wildman–Crippen LogP) is 1.94. The molecule has 1 aromatic heterocycles. The third-order valence-corrected chi connectivity index (χ3v) is 4.95. The van der Waals surface area contributed by atoms with E-state index in [2.05, 4.69) is 20.5 Å². The summed E-state index contributed by atoms with van der Waals surface area (Å²) in [4.78, 5) is 16.1. The minimum atomic E-state index is -4.31. The van der Waals surface area contributed by atoms with Gasteiger partial charge in [0.1, 0.15) is 0 Å². The van der Waals surface area contributed by atoms with Gasteiger partial charge < -0.3 is 15.1 Å². The number of carbonyl (C=O) groups excluding carboxylic acids is 1. The molecular weight excluding hydrogens is 361 g/mol. The summed E-state index contributed by atoms with van der Waals surface area (Å²) in [5.41, 5.74) is 0.107. The van der Waals surface area contributed by atoms with Gasteiger partial charge in [-0.3, -0.25) is 4.79 Å². The van der Waals surface area contributed by atoms with Gasteiger partial charge in [0.05, 0.1) is 18.7 Å². The molecule has 0 aromatic carbocycles. The fourth-order valence-corrected chi connectivity index (χ4v) is 3.16. The zero-order valence-electron chi connectivity index (χ0n) is 16.0. The van der Waals surface area contributed by atoms with Gasteiger partial charge in [0.2, 0.25) is 0 Å². The van der Waals surface area contributed by atoms with E-state index < -0.39 is 18.5 Å². The minimum absolute atomic E-state index is 0.107. The maximum absolute atomic E-state index is 12.8. The first-order valence-electron chi connectivity index (χ1n) is 9.55. The molecule has 1 fully saturated rings. The lowest BCUT2D eigenvalue weighted by molar-refractivity contribution is -0.136. The van der Waals surface area contributed by atoms with Crippen molar-refractivity contribution in [3.05, 3.63) is 11.9 Å². The van der Waals surface area contributed by atoms with Crippen LogP contribution in [-0.4, -0.2) is 82.7 Å². The van der Waals surface area contributed by atoms with Crippen LogP contribution in [0.25, 0.3) is 0 Å². The molecule has 1 aromatic rings. The highest BCUT2D eigenvalue weighted by Gasteiger charge is 2.30. The predicted molar refractivity (Wildman–Crippen MR) is 95.5 cm³/mol. The zero-order valence-corrected chi connectivity index (χ0v) is 16.0. The van der Waals surface area contributed by atoms with E-state index in [-0.39, 0.29) is 24.8 Å². The van der Waals surface area contributed by atoms with Gasteiger partial charge in [-0.25, -0.2) is 4.68 Å². The number of hydrogen-bond acceptors (Lipinski definition) is 5. The number of piperidine rings is 1. The average molecular weight is 390 g/mol. The second kappa shape index (κ2) is 10.0. The number of aromatic nitrogens is 3. The summed E-state index contributed by atoms with van der Waals surface area (Å²) in [6, 6.07) is 0.166. The molecule has 1 aliphatic rings. The number of rotatable bonds is 9. The Bertz CT molecular complexity index is 581. The maximum Gasteiger partial charge on any atom is 0.390 e. The van der Waals surface area contributed by atoms with Crippen LogP contribution in [0.4, 0.5) is 13.2 Å². The Morgan fingerprint density at radius 2 is 1.89 bits per heavy atom. The molecule has 1 N–H and O–H groups in total. The first kappa shape index (κ1) is 21.6. The smallest absolute Gasteiger partial charge is 0.336 e. The summed E-state index contributed by atoms with van der Waals surface area (Å²) in [5, 5.41) is 11.2. The van der Waals surface area contributed by atoms with Crippen LogP contribution in [0, 0.1) is 0 Å². The highest BCUT2D eigenvalue weighted by molar-refractivity contribution is 5.91. The summed E-state index contributed by atoms with van der Waals surface area (Å²) in [6.45, 7) is 7.66. The number of hydrogen-bond donors (Lipinski definition) is 1. The Balaban J connectivity index is 2.05. The van der Waals surface area contributed by atoms with Crippen LogP contribution < -0.4 is 5.32 Å². The van der Waals surface area contributed by atoms with Gasteiger partial charge in [0.25, 0.3) is 5.91 Å². The summed E-state index contributed by atoms with van der Waals surface area (Å²) in [6.07, 6.45) is -2.00. The van der Waals surface area contributed by atoms with E-state index in [4.69, 9.17) is 0 Å². The number of likely N-dealkylation sites (N-methyl/N-ethyl adjacent to an activating group) is 1. The Morgan fingerprint density at radius 3 is 2.48 bits per heavy atom. The highest BCUT2D eigenvalue weighted by Crippen LogP contribution is 2.21. The molecule has 0 unspecified atom stereocenters. The molecular formula is C17H29F3N6O. The molecule has 0 bridgehead atoms. The van der Waals surface area contributed by atoms with Crippen molar-refractivity contribution >= 4 is 5.91 Å². The van der Waals surface area contributed by atoms with E-state index in [0.29, 0.717) is 6.54 Å². The van der Waals surface area contributed by atoms with Crippen molar-refractivity contribution in [2.24, 2.45) is 0 Å². The zero-order chi connectivity index (χ0) is 19.9. The van der Waals surface area contributed by atoms with Gasteiger partial charge in [0, 0.05) is 19.6 Å². The van der Waals surface area contributed by atoms with Crippen LogP contribution in [0.1, 0.15) is 49.6 Å². The Kier molecular flexibility index (Phi) is 8.03. The first-order valence-corrected chi connectivity index (χ1v) is 9.55. The van der Waals surface area contributed by atoms with Gasteiger partial charge >= 0.3 is 6.18 Å². The third-order valence-electron chi connectivity index (χ3n) is 4.95. The van der Waals surface area contributed by atoms with Crippen LogP contribution >= 0.6 is 0 Å². The van der Waals surface area contributed by atoms with Crippen molar-refractivity contribution in [2.45, 2.75) is 45.3 Å². The van der Waals surface area contributed by atoms with E-state index in [1.807, 2.05) is 13.8 Å². The van der Waals surface area contributed by atoms with Crippen LogP contribution in [-0.2, 0) is 0 Å². The summed E-state index contributed by atoms with van der Waals surface area (Å²) >= 11 is 0. The lowest BCUT2D eigenvalue weighted by atomic mass is 10.1. The SMILES string of the molecule is CCN(CC)CCN(CCC(F)(F)F)C(=O)c1cn(C2CCNCC2)nn1. The molecule has 0 spiro atoms. The van der Waals surface area contributed by atoms with E-state index in [1.54, 1.807) is 10.9 Å². The molecule has 0 saturated carbocycles. The Morgan fingerprint density at radius 1 is 1.22 bits per heavy atom. The van der Waals surface area contributed by atoms with Gasteiger partial charge in [0.15, 0.2) is 5.69 Å². The molecule has 1 amide bonds. The summed E-state index contributed by atoms with van der Waals surface area (Å²) in [5.74, 6) is -0.494. The number of carbonyl (C=O) groups is 1. The van der Waals surface area contributed by atoms with Crippen LogP contribution in [0.5, 0.6) is 0 Å². The summed E-state index contributed by atoms with van der Waals surface area (Å²) < 4.78 is 39.7. The van der Waals surface area contributed by atoms with E-state index in [0.717, 1.165) is 39.0 Å². The normalized spacial score (nSPS) is 16.1. The maximum atomic E-state index is 12.8. The molecule has 0 radical (unpaired) electrons. The molecule has 1 saturated heterocycles. The van der Waals surface area contributed by atoms with E-state index >= 15 is 0 Å². The molecule has 1 aliphatic heterocycles.